The highest BCUT2D eigenvalue weighted by molar-refractivity contribution is 7.86. The zero-order valence-corrected chi connectivity index (χ0v) is 21.0. The first kappa shape index (κ1) is 27.0. The van der Waals surface area contributed by atoms with Gasteiger partial charge in [0.15, 0.2) is 18.3 Å². The van der Waals surface area contributed by atoms with Crippen LogP contribution in [-0.2, 0) is 33.2 Å². The molecule has 1 aliphatic rings. The first-order valence-electron chi connectivity index (χ1n) is 11.5. The normalized spacial score (nSPS) is 21.2. The first-order valence-corrected chi connectivity index (χ1v) is 13.3. The molecule has 1 fully saturated rings. The minimum absolute atomic E-state index is 0.156. The predicted molar refractivity (Wildman–Crippen MR) is 133 cm³/mol. The summed E-state index contributed by atoms with van der Waals surface area (Å²) >= 11 is 0. The van der Waals surface area contributed by atoms with E-state index in [9.17, 15) is 22.8 Å². The standard InChI is InChI=1S/C27H24O10S/c1-38(31,32)37-23-22(35-25(29)19-13-7-3-8-14-19)21(34-24(28)18-11-5-2-6-12-18)17-33-27(23)36-26(30)20-15-9-4-10-16-20/h2-16,21-23,27H,17H2,1H3/t21-,22+,23-,27-/m0/s1. The molecule has 10 nitrogen and oxygen atoms in total. The van der Waals surface area contributed by atoms with Crippen molar-refractivity contribution < 1.29 is 45.9 Å². The number of hydrogen-bond acceptors (Lipinski definition) is 10. The van der Waals surface area contributed by atoms with Gasteiger partial charge in [0.25, 0.3) is 10.1 Å². The van der Waals surface area contributed by atoms with E-state index in [1.807, 2.05) is 0 Å². The van der Waals surface area contributed by atoms with Crippen LogP contribution in [0.5, 0.6) is 0 Å². The van der Waals surface area contributed by atoms with E-state index in [-0.39, 0.29) is 23.3 Å². The van der Waals surface area contributed by atoms with Gasteiger partial charge in [-0.3, -0.25) is 4.18 Å². The zero-order chi connectivity index (χ0) is 27.1. The molecule has 1 saturated heterocycles. The smallest absolute Gasteiger partial charge is 0.340 e. The zero-order valence-electron chi connectivity index (χ0n) is 20.2. The van der Waals surface area contributed by atoms with Crippen molar-refractivity contribution in [1.29, 1.82) is 0 Å². The van der Waals surface area contributed by atoms with Crippen LogP contribution in [0.2, 0.25) is 0 Å². The second-order valence-electron chi connectivity index (χ2n) is 8.28. The van der Waals surface area contributed by atoms with Gasteiger partial charge in [0, 0.05) is 0 Å². The molecule has 0 saturated carbocycles. The van der Waals surface area contributed by atoms with Gasteiger partial charge in [-0.15, -0.1) is 0 Å². The summed E-state index contributed by atoms with van der Waals surface area (Å²) in [6, 6.07) is 23.9. The maximum Gasteiger partial charge on any atom is 0.340 e. The van der Waals surface area contributed by atoms with Gasteiger partial charge in [-0.05, 0) is 36.4 Å². The average molecular weight is 541 g/mol. The van der Waals surface area contributed by atoms with Gasteiger partial charge in [0.1, 0.15) is 0 Å². The summed E-state index contributed by atoms with van der Waals surface area (Å²) in [5.74, 6) is -2.43. The molecule has 4 atom stereocenters. The fourth-order valence-corrected chi connectivity index (χ4v) is 4.29. The van der Waals surface area contributed by atoms with Crippen LogP contribution in [0.4, 0.5) is 0 Å². The second kappa shape index (κ2) is 12.0. The quantitative estimate of drug-likeness (QED) is 0.239. The van der Waals surface area contributed by atoms with Crippen LogP contribution in [0.15, 0.2) is 91.0 Å². The summed E-state index contributed by atoms with van der Waals surface area (Å²) in [5, 5.41) is 0. The van der Waals surface area contributed by atoms with E-state index in [2.05, 4.69) is 0 Å². The van der Waals surface area contributed by atoms with E-state index in [4.69, 9.17) is 23.1 Å². The monoisotopic (exact) mass is 540 g/mol. The minimum Gasteiger partial charge on any atom is -0.452 e. The molecule has 0 radical (unpaired) electrons. The Balaban J connectivity index is 1.65. The van der Waals surface area contributed by atoms with Crippen molar-refractivity contribution in [2.24, 2.45) is 0 Å². The third-order valence-electron chi connectivity index (χ3n) is 5.42. The number of carbonyl (C=O) groups excluding carboxylic acids is 3. The molecule has 4 rings (SSSR count). The van der Waals surface area contributed by atoms with Crippen LogP contribution in [0.3, 0.4) is 0 Å². The van der Waals surface area contributed by atoms with Crippen molar-refractivity contribution in [3.63, 3.8) is 0 Å². The lowest BCUT2D eigenvalue weighted by atomic mass is 10.0. The third kappa shape index (κ3) is 7.03. The first-order chi connectivity index (χ1) is 18.2. The molecule has 0 N–H and O–H groups in total. The molecule has 198 valence electrons. The highest BCUT2D eigenvalue weighted by atomic mass is 32.2. The number of rotatable bonds is 8. The number of carbonyl (C=O) groups is 3. The van der Waals surface area contributed by atoms with Crippen molar-refractivity contribution in [2.45, 2.75) is 24.6 Å². The molecule has 3 aromatic carbocycles. The Hall–Kier alpha value is -4.06. The molecule has 0 aliphatic carbocycles. The van der Waals surface area contributed by atoms with Crippen molar-refractivity contribution >= 4 is 28.0 Å². The minimum atomic E-state index is -4.20. The van der Waals surface area contributed by atoms with Crippen molar-refractivity contribution in [2.75, 3.05) is 12.9 Å². The van der Waals surface area contributed by atoms with Crippen molar-refractivity contribution in [3.05, 3.63) is 108 Å². The number of benzene rings is 3. The number of ether oxygens (including phenoxy) is 4. The Morgan fingerprint density at radius 2 is 1.08 bits per heavy atom. The molecular weight excluding hydrogens is 516 g/mol. The molecule has 11 heteroatoms. The molecule has 0 spiro atoms. The highest BCUT2D eigenvalue weighted by Crippen LogP contribution is 2.28. The van der Waals surface area contributed by atoms with Gasteiger partial charge in [-0.2, -0.15) is 8.42 Å². The summed E-state index contributed by atoms with van der Waals surface area (Å²) < 4.78 is 51.8. The molecule has 38 heavy (non-hydrogen) atoms. The molecule has 3 aromatic rings. The van der Waals surface area contributed by atoms with Crippen LogP contribution in [-0.4, -0.2) is 63.8 Å². The Labute approximate surface area is 219 Å². The Morgan fingerprint density at radius 1 is 0.658 bits per heavy atom. The summed E-state index contributed by atoms with van der Waals surface area (Å²) in [4.78, 5) is 38.5. The van der Waals surface area contributed by atoms with E-state index in [1.165, 1.54) is 36.4 Å². The molecule has 0 unspecified atom stereocenters. The maximum absolute atomic E-state index is 13.0. The fourth-order valence-electron chi connectivity index (χ4n) is 3.69. The maximum atomic E-state index is 13.0. The largest absolute Gasteiger partial charge is 0.452 e. The van der Waals surface area contributed by atoms with E-state index in [1.54, 1.807) is 54.6 Å². The summed E-state index contributed by atoms with van der Waals surface area (Å²) in [6.45, 7) is -0.387. The molecule has 1 aliphatic heterocycles. The summed E-state index contributed by atoms with van der Waals surface area (Å²) in [5.41, 5.74) is 0.534. The Morgan fingerprint density at radius 3 is 1.53 bits per heavy atom. The number of esters is 3. The fraction of sp³-hybridized carbons (Fsp3) is 0.222. The van der Waals surface area contributed by atoms with Gasteiger partial charge in [0.05, 0.1) is 29.6 Å². The Kier molecular flexibility index (Phi) is 8.52. The van der Waals surface area contributed by atoms with Crippen LogP contribution in [0, 0.1) is 0 Å². The lowest BCUT2D eigenvalue weighted by Gasteiger charge is -2.39. The van der Waals surface area contributed by atoms with E-state index in [0.29, 0.717) is 0 Å². The SMILES string of the molecule is CS(=O)(=O)O[C@@H]1[C@H](OC(=O)c2ccccc2)OC[C@H](OC(=O)c2ccccc2)[C@H]1OC(=O)c1ccccc1. The third-order valence-corrected chi connectivity index (χ3v) is 5.99. The summed E-state index contributed by atoms with van der Waals surface area (Å²) in [7, 11) is -4.20. The van der Waals surface area contributed by atoms with Gasteiger partial charge in [0.2, 0.25) is 6.29 Å². The van der Waals surface area contributed by atoms with Crippen molar-refractivity contribution in [3.8, 4) is 0 Å². The lowest BCUT2D eigenvalue weighted by molar-refractivity contribution is -0.243. The molecule has 0 amide bonds. The molecule has 0 aromatic heterocycles. The second-order valence-corrected chi connectivity index (χ2v) is 9.88. The van der Waals surface area contributed by atoms with Gasteiger partial charge < -0.3 is 18.9 Å². The topological polar surface area (TPSA) is 132 Å². The molecular formula is C27H24O10S. The summed E-state index contributed by atoms with van der Waals surface area (Å²) in [6.07, 6.45) is -5.34. The Bertz CT molecular complexity index is 1360. The van der Waals surface area contributed by atoms with E-state index >= 15 is 0 Å². The van der Waals surface area contributed by atoms with Gasteiger partial charge in [-0.25, -0.2) is 14.4 Å². The predicted octanol–water partition coefficient (Wildman–Crippen LogP) is 3.00. The van der Waals surface area contributed by atoms with Crippen LogP contribution < -0.4 is 0 Å². The van der Waals surface area contributed by atoms with Gasteiger partial charge in [-0.1, -0.05) is 54.6 Å². The molecule has 1 heterocycles. The van der Waals surface area contributed by atoms with E-state index < -0.39 is 52.6 Å². The molecule has 0 bridgehead atoms. The van der Waals surface area contributed by atoms with Crippen LogP contribution >= 0.6 is 0 Å². The van der Waals surface area contributed by atoms with Crippen LogP contribution in [0.25, 0.3) is 0 Å². The van der Waals surface area contributed by atoms with Crippen molar-refractivity contribution in [1.82, 2.24) is 0 Å². The lowest BCUT2D eigenvalue weighted by Crippen LogP contribution is -2.58. The van der Waals surface area contributed by atoms with Gasteiger partial charge >= 0.3 is 17.9 Å². The average Bonchev–Trinajstić information content (AvgIpc) is 2.92. The van der Waals surface area contributed by atoms with Crippen LogP contribution in [0.1, 0.15) is 31.1 Å². The van der Waals surface area contributed by atoms with E-state index in [0.717, 1.165) is 6.26 Å². The number of hydrogen-bond donors (Lipinski definition) is 0. The highest BCUT2D eigenvalue weighted by Gasteiger charge is 2.49.